The smallest absolute Gasteiger partial charge is 0.264 e. The van der Waals surface area contributed by atoms with Gasteiger partial charge in [-0.25, -0.2) is 5.10 Å². The Bertz CT molecular complexity index is 897. The fourth-order valence-corrected chi connectivity index (χ4v) is 2.23. The lowest BCUT2D eigenvalue weighted by molar-refractivity contribution is 0.104. The van der Waals surface area contributed by atoms with Crippen molar-refractivity contribution in [3.8, 4) is 11.3 Å². The van der Waals surface area contributed by atoms with Gasteiger partial charge in [0.05, 0.1) is 5.56 Å². The van der Waals surface area contributed by atoms with Crippen molar-refractivity contribution in [3.05, 3.63) is 94.3 Å². The molecule has 1 aromatic heterocycles. The highest BCUT2D eigenvalue weighted by Gasteiger charge is 2.13. The highest BCUT2D eigenvalue weighted by molar-refractivity contribution is 6.10. The molecule has 0 aliphatic carbocycles. The number of nitrogens with zero attached hydrogens (tertiary/aromatic N) is 1. The number of ketones is 1. The Labute approximate surface area is 133 Å². The number of carbonyl (C=O) groups is 1. The Kier molecular flexibility index (Phi) is 4.25. The SMILES string of the molecule is O=C(/C=C/c1ccccc1)c1cc(=O)[nH]nc1-c1ccccc1. The number of aromatic nitrogens is 2. The largest absolute Gasteiger partial charge is 0.289 e. The van der Waals surface area contributed by atoms with Crippen LogP contribution in [0, 0.1) is 0 Å². The van der Waals surface area contributed by atoms with E-state index in [1.165, 1.54) is 12.1 Å². The minimum atomic E-state index is -0.402. The molecule has 0 amide bonds. The van der Waals surface area contributed by atoms with Crippen molar-refractivity contribution >= 4 is 11.9 Å². The number of H-pyrrole nitrogens is 1. The number of aromatic amines is 1. The van der Waals surface area contributed by atoms with E-state index in [9.17, 15) is 9.59 Å². The van der Waals surface area contributed by atoms with Crippen molar-refractivity contribution < 1.29 is 4.79 Å². The van der Waals surface area contributed by atoms with Crippen molar-refractivity contribution in [1.29, 1.82) is 0 Å². The summed E-state index contributed by atoms with van der Waals surface area (Å²) in [7, 11) is 0. The number of benzene rings is 2. The molecule has 0 saturated carbocycles. The summed E-state index contributed by atoms with van der Waals surface area (Å²) in [5, 5.41) is 6.42. The number of rotatable bonds is 4. The van der Waals surface area contributed by atoms with Crippen LogP contribution < -0.4 is 5.56 Å². The second kappa shape index (κ2) is 6.66. The lowest BCUT2D eigenvalue weighted by atomic mass is 10.0. The van der Waals surface area contributed by atoms with Gasteiger partial charge in [0.2, 0.25) is 0 Å². The lowest BCUT2D eigenvalue weighted by Crippen LogP contribution is -2.13. The first-order valence-electron chi connectivity index (χ1n) is 7.16. The highest BCUT2D eigenvalue weighted by atomic mass is 16.1. The molecular formula is C19H14N2O2. The monoisotopic (exact) mass is 302 g/mol. The summed E-state index contributed by atoms with van der Waals surface area (Å²) in [5.41, 5.74) is 2.04. The first-order chi connectivity index (χ1) is 11.2. The molecule has 23 heavy (non-hydrogen) atoms. The first-order valence-corrected chi connectivity index (χ1v) is 7.16. The molecule has 4 heteroatoms. The van der Waals surface area contributed by atoms with Gasteiger partial charge in [-0.15, -0.1) is 0 Å². The lowest BCUT2D eigenvalue weighted by Gasteiger charge is -2.05. The number of nitrogens with one attached hydrogen (secondary N) is 1. The molecule has 2 aromatic carbocycles. The summed E-state index contributed by atoms with van der Waals surface area (Å²) < 4.78 is 0. The summed E-state index contributed by atoms with van der Waals surface area (Å²) in [4.78, 5) is 24.0. The Morgan fingerprint density at radius 3 is 2.30 bits per heavy atom. The van der Waals surface area contributed by atoms with E-state index >= 15 is 0 Å². The third-order valence-electron chi connectivity index (χ3n) is 3.35. The van der Waals surface area contributed by atoms with Crippen molar-refractivity contribution in [1.82, 2.24) is 10.2 Å². The molecule has 0 radical (unpaired) electrons. The predicted molar refractivity (Wildman–Crippen MR) is 90.1 cm³/mol. The third-order valence-corrected chi connectivity index (χ3v) is 3.35. The van der Waals surface area contributed by atoms with Gasteiger partial charge in [-0.2, -0.15) is 5.10 Å². The second-order valence-corrected chi connectivity index (χ2v) is 4.97. The van der Waals surface area contributed by atoms with Crippen molar-refractivity contribution in [2.24, 2.45) is 0 Å². The first kappa shape index (κ1) is 14.7. The van der Waals surface area contributed by atoms with Gasteiger partial charge < -0.3 is 0 Å². The van der Waals surface area contributed by atoms with Crippen molar-refractivity contribution in [2.45, 2.75) is 0 Å². The molecule has 0 atom stereocenters. The molecule has 3 aromatic rings. The summed E-state index contributed by atoms with van der Waals surface area (Å²) in [6.07, 6.45) is 3.18. The van der Waals surface area contributed by atoms with E-state index < -0.39 is 5.56 Å². The second-order valence-electron chi connectivity index (χ2n) is 4.97. The Morgan fingerprint density at radius 1 is 0.957 bits per heavy atom. The number of hydrogen-bond donors (Lipinski definition) is 1. The minimum absolute atomic E-state index is 0.258. The van der Waals surface area contributed by atoms with E-state index in [2.05, 4.69) is 10.2 Å². The minimum Gasteiger partial charge on any atom is -0.289 e. The number of carbonyl (C=O) groups excluding carboxylic acids is 1. The predicted octanol–water partition coefficient (Wildman–Crippen LogP) is 3.33. The Morgan fingerprint density at radius 2 is 1.61 bits per heavy atom. The van der Waals surface area contributed by atoms with Crippen molar-refractivity contribution in [2.75, 3.05) is 0 Å². The maximum Gasteiger partial charge on any atom is 0.264 e. The quantitative estimate of drug-likeness (QED) is 0.594. The van der Waals surface area contributed by atoms with E-state index in [0.29, 0.717) is 5.69 Å². The van der Waals surface area contributed by atoms with Gasteiger partial charge in [0, 0.05) is 11.6 Å². The van der Waals surface area contributed by atoms with Gasteiger partial charge in [-0.05, 0) is 11.6 Å². The van der Waals surface area contributed by atoms with E-state index in [4.69, 9.17) is 0 Å². The molecule has 0 aliphatic heterocycles. The molecule has 3 rings (SSSR count). The van der Waals surface area contributed by atoms with Crippen molar-refractivity contribution in [3.63, 3.8) is 0 Å². The molecule has 0 spiro atoms. The molecule has 4 nitrogen and oxygen atoms in total. The molecule has 0 unspecified atom stereocenters. The van der Waals surface area contributed by atoms with E-state index in [1.807, 2.05) is 60.7 Å². The van der Waals surface area contributed by atoms with Crippen LogP contribution in [0.2, 0.25) is 0 Å². The van der Waals surface area contributed by atoms with Gasteiger partial charge in [0.1, 0.15) is 5.69 Å². The van der Waals surface area contributed by atoms with Crippen LogP contribution in [-0.4, -0.2) is 16.0 Å². The van der Waals surface area contributed by atoms with Gasteiger partial charge >= 0.3 is 0 Å². The van der Waals surface area contributed by atoms with E-state index in [-0.39, 0.29) is 11.3 Å². The summed E-state index contributed by atoms with van der Waals surface area (Å²) >= 11 is 0. The maximum absolute atomic E-state index is 12.5. The Hall–Kier alpha value is -3.27. The molecular weight excluding hydrogens is 288 g/mol. The zero-order valence-corrected chi connectivity index (χ0v) is 12.3. The molecule has 112 valence electrons. The standard InChI is InChI=1S/C19H14N2O2/c22-17(12-11-14-7-3-1-4-8-14)16-13-18(23)20-21-19(16)15-9-5-2-6-10-15/h1-13H,(H,20,23)/b12-11+. The molecule has 1 heterocycles. The van der Waals surface area contributed by atoms with E-state index in [1.54, 1.807) is 6.08 Å². The highest BCUT2D eigenvalue weighted by Crippen LogP contribution is 2.20. The number of hydrogen-bond acceptors (Lipinski definition) is 3. The third kappa shape index (κ3) is 3.49. The van der Waals surface area contributed by atoms with Gasteiger partial charge in [-0.1, -0.05) is 66.7 Å². The summed E-state index contributed by atoms with van der Waals surface area (Å²) in [6, 6.07) is 20.1. The van der Waals surface area contributed by atoms with Crippen LogP contribution in [0.15, 0.2) is 77.6 Å². The van der Waals surface area contributed by atoms with Crippen LogP contribution >= 0.6 is 0 Å². The van der Waals surface area contributed by atoms with Crippen LogP contribution in [0.4, 0.5) is 0 Å². The van der Waals surface area contributed by atoms with Crippen LogP contribution in [0.5, 0.6) is 0 Å². The molecule has 0 aliphatic rings. The molecule has 0 saturated heterocycles. The summed E-state index contributed by atoms with van der Waals surface area (Å²) in [6.45, 7) is 0. The normalized spacial score (nSPS) is 10.8. The number of allylic oxidation sites excluding steroid dienone is 1. The van der Waals surface area contributed by atoms with Gasteiger partial charge in [0.15, 0.2) is 5.78 Å². The van der Waals surface area contributed by atoms with Gasteiger partial charge in [-0.3, -0.25) is 9.59 Å². The van der Waals surface area contributed by atoms with Crippen LogP contribution in [0.25, 0.3) is 17.3 Å². The Balaban J connectivity index is 1.99. The average Bonchev–Trinajstić information content (AvgIpc) is 2.61. The fraction of sp³-hybridized carbons (Fsp3) is 0. The van der Waals surface area contributed by atoms with Gasteiger partial charge in [0.25, 0.3) is 5.56 Å². The maximum atomic E-state index is 12.5. The zero-order valence-electron chi connectivity index (χ0n) is 12.3. The molecule has 0 bridgehead atoms. The molecule has 1 N–H and O–H groups in total. The van der Waals surface area contributed by atoms with Crippen LogP contribution in [0.1, 0.15) is 15.9 Å². The molecule has 0 fully saturated rings. The zero-order chi connectivity index (χ0) is 16.1. The van der Waals surface area contributed by atoms with E-state index in [0.717, 1.165) is 11.1 Å². The van der Waals surface area contributed by atoms with Crippen LogP contribution in [-0.2, 0) is 0 Å². The summed E-state index contributed by atoms with van der Waals surface area (Å²) in [5.74, 6) is -0.258. The van der Waals surface area contributed by atoms with Crippen LogP contribution in [0.3, 0.4) is 0 Å². The fourth-order valence-electron chi connectivity index (χ4n) is 2.23. The average molecular weight is 302 g/mol. The topological polar surface area (TPSA) is 62.8 Å².